The number of carboxylic acids is 2. The third kappa shape index (κ3) is 9.99. The van der Waals surface area contributed by atoms with E-state index in [2.05, 4.69) is 20.6 Å². The lowest BCUT2D eigenvalue weighted by Crippen LogP contribution is -2.56. The lowest BCUT2D eigenvalue weighted by Gasteiger charge is -2.23. The molecule has 0 spiro atoms. The first-order valence-corrected chi connectivity index (χ1v) is 9.89. The number of imidazole rings is 1. The number of H-pyrrole nitrogens is 1. The van der Waals surface area contributed by atoms with Crippen LogP contribution >= 0.6 is 0 Å². The highest BCUT2D eigenvalue weighted by Gasteiger charge is 2.29. The fraction of sp³-hybridized carbons (Fsp3) is 0.556. The average molecular weight is 455 g/mol. The topological polar surface area (TPSA) is 243 Å². The van der Waals surface area contributed by atoms with E-state index in [0.717, 1.165) is 0 Å². The predicted octanol–water partition coefficient (Wildman–Crippen LogP) is -2.95. The molecule has 1 aromatic heterocycles. The highest BCUT2D eigenvalue weighted by atomic mass is 16.4. The number of aromatic amines is 1. The van der Waals surface area contributed by atoms with E-state index in [-0.39, 0.29) is 12.8 Å². The molecule has 0 fully saturated rings. The van der Waals surface area contributed by atoms with E-state index >= 15 is 0 Å². The minimum absolute atomic E-state index is 0.141. The van der Waals surface area contributed by atoms with Gasteiger partial charge in [-0.3, -0.25) is 24.0 Å². The number of aromatic nitrogens is 2. The summed E-state index contributed by atoms with van der Waals surface area (Å²) in [5, 5.41) is 24.5. The minimum Gasteiger partial charge on any atom is -0.481 e. The van der Waals surface area contributed by atoms with Crippen LogP contribution in [0.5, 0.6) is 0 Å². The summed E-state index contributed by atoms with van der Waals surface area (Å²) >= 11 is 0. The molecule has 0 aromatic carbocycles. The standard InChI is InChI=1S/C18H29N7O7/c19-4-2-1-3-12(24-16(30)11(20)5-10-7-21-9-23-10)18(32)25-13(6-14(26)27)17(31)22-8-15(28)29/h7,9,11-13H,1-6,8,19-20H2,(H,21,23)(H,22,31)(H,24,30)(H,25,32)(H,26,27)(H,28,29). The molecular formula is C18H29N7O7. The zero-order chi connectivity index (χ0) is 24.1. The summed E-state index contributed by atoms with van der Waals surface area (Å²) in [5.41, 5.74) is 12.0. The van der Waals surface area contributed by atoms with Crippen LogP contribution < -0.4 is 27.4 Å². The fourth-order valence-electron chi connectivity index (χ4n) is 2.71. The molecule has 32 heavy (non-hydrogen) atoms. The fourth-order valence-corrected chi connectivity index (χ4v) is 2.71. The van der Waals surface area contributed by atoms with Crippen molar-refractivity contribution in [3.05, 3.63) is 18.2 Å². The van der Waals surface area contributed by atoms with E-state index in [1.54, 1.807) is 0 Å². The Morgan fingerprint density at radius 2 is 1.69 bits per heavy atom. The molecule has 0 bridgehead atoms. The number of carboxylic acid groups (broad SMARTS) is 2. The van der Waals surface area contributed by atoms with Gasteiger partial charge in [0.2, 0.25) is 17.7 Å². The summed E-state index contributed by atoms with van der Waals surface area (Å²) in [7, 11) is 0. The van der Waals surface area contributed by atoms with Gasteiger partial charge in [-0.05, 0) is 25.8 Å². The molecule has 1 aromatic rings. The molecule has 0 aliphatic carbocycles. The molecular weight excluding hydrogens is 426 g/mol. The van der Waals surface area contributed by atoms with E-state index < -0.39 is 60.8 Å². The Morgan fingerprint density at radius 1 is 1.00 bits per heavy atom. The first kappa shape index (κ1) is 26.5. The summed E-state index contributed by atoms with van der Waals surface area (Å²) in [4.78, 5) is 65.7. The van der Waals surface area contributed by atoms with Crippen molar-refractivity contribution >= 4 is 29.7 Å². The van der Waals surface area contributed by atoms with Crippen LogP contribution in [-0.2, 0) is 30.4 Å². The van der Waals surface area contributed by atoms with Crippen LogP contribution in [0.15, 0.2) is 12.5 Å². The van der Waals surface area contributed by atoms with E-state index in [1.807, 2.05) is 5.32 Å². The molecule has 3 amide bonds. The number of carbonyl (C=O) groups is 5. The zero-order valence-electron chi connectivity index (χ0n) is 17.4. The molecule has 1 heterocycles. The Kier molecular flexibility index (Phi) is 11.4. The Balaban J connectivity index is 2.84. The lowest BCUT2D eigenvalue weighted by molar-refractivity contribution is -0.141. The molecule has 14 nitrogen and oxygen atoms in total. The number of nitrogens with two attached hydrogens (primary N) is 2. The quantitative estimate of drug-likeness (QED) is 0.125. The third-order valence-corrected chi connectivity index (χ3v) is 4.34. The van der Waals surface area contributed by atoms with Crippen LogP contribution in [0.25, 0.3) is 0 Å². The molecule has 10 N–H and O–H groups in total. The molecule has 1 rings (SSSR count). The van der Waals surface area contributed by atoms with Crippen molar-refractivity contribution in [2.24, 2.45) is 11.5 Å². The normalized spacial score (nSPS) is 13.4. The van der Waals surface area contributed by atoms with Crippen molar-refractivity contribution in [2.75, 3.05) is 13.1 Å². The maximum Gasteiger partial charge on any atom is 0.322 e. The zero-order valence-corrected chi connectivity index (χ0v) is 17.4. The van der Waals surface area contributed by atoms with Gasteiger partial charge in [-0.1, -0.05) is 0 Å². The maximum atomic E-state index is 12.7. The molecule has 0 aliphatic rings. The molecule has 3 atom stereocenters. The molecule has 0 saturated carbocycles. The first-order valence-electron chi connectivity index (χ1n) is 9.89. The van der Waals surface area contributed by atoms with Gasteiger partial charge in [-0.15, -0.1) is 0 Å². The highest BCUT2D eigenvalue weighted by Crippen LogP contribution is 2.05. The number of hydrogen-bond donors (Lipinski definition) is 8. The van der Waals surface area contributed by atoms with E-state index in [0.29, 0.717) is 25.1 Å². The summed E-state index contributed by atoms with van der Waals surface area (Å²) in [6, 6.07) is -3.63. The van der Waals surface area contributed by atoms with Crippen molar-refractivity contribution < 1.29 is 34.2 Å². The van der Waals surface area contributed by atoms with Gasteiger partial charge in [0, 0.05) is 18.3 Å². The van der Waals surface area contributed by atoms with Crippen molar-refractivity contribution in [3.8, 4) is 0 Å². The lowest BCUT2D eigenvalue weighted by atomic mass is 10.1. The monoisotopic (exact) mass is 455 g/mol. The second-order valence-electron chi connectivity index (χ2n) is 7.00. The Morgan fingerprint density at radius 3 is 2.25 bits per heavy atom. The number of nitrogens with one attached hydrogen (secondary N) is 4. The molecule has 0 radical (unpaired) electrons. The van der Waals surface area contributed by atoms with Gasteiger partial charge in [-0.25, -0.2) is 4.98 Å². The van der Waals surface area contributed by atoms with Gasteiger partial charge in [0.1, 0.15) is 18.6 Å². The summed E-state index contributed by atoms with van der Waals surface area (Å²) in [5.74, 6) is -5.13. The number of rotatable bonds is 15. The highest BCUT2D eigenvalue weighted by molar-refractivity contribution is 5.95. The van der Waals surface area contributed by atoms with Crippen molar-refractivity contribution in [3.63, 3.8) is 0 Å². The molecule has 14 heteroatoms. The maximum absolute atomic E-state index is 12.7. The average Bonchev–Trinajstić information content (AvgIpc) is 3.23. The third-order valence-electron chi connectivity index (χ3n) is 4.34. The van der Waals surface area contributed by atoms with Gasteiger partial charge >= 0.3 is 11.9 Å². The van der Waals surface area contributed by atoms with Gasteiger partial charge in [0.15, 0.2) is 0 Å². The Hall–Kier alpha value is -3.52. The van der Waals surface area contributed by atoms with E-state index in [1.165, 1.54) is 12.5 Å². The summed E-state index contributed by atoms with van der Waals surface area (Å²) in [6.07, 6.45) is 3.51. The van der Waals surface area contributed by atoms with Crippen LogP contribution in [0.1, 0.15) is 31.4 Å². The van der Waals surface area contributed by atoms with E-state index in [9.17, 15) is 24.0 Å². The van der Waals surface area contributed by atoms with Crippen LogP contribution in [-0.4, -0.2) is 81.1 Å². The molecule has 0 saturated heterocycles. The van der Waals surface area contributed by atoms with Crippen molar-refractivity contribution in [1.29, 1.82) is 0 Å². The first-order chi connectivity index (χ1) is 15.1. The van der Waals surface area contributed by atoms with Crippen LogP contribution in [0, 0.1) is 0 Å². The van der Waals surface area contributed by atoms with Gasteiger partial charge < -0.3 is 42.6 Å². The molecule has 0 aliphatic heterocycles. The second kappa shape index (κ2) is 13.7. The number of amides is 3. The number of hydrogen-bond acceptors (Lipinski definition) is 8. The second-order valence-corrected chi connectivity index (χ2v) is 7.00. The van der Waals surface area contributed by atoms with Crippen molar-refractivity contribution in [2.45, 2.75) is 50.2 Å². The predicted molar refractivity (Wildman–Crippen MR) is 110 cm³/mol. The molecule has 178 valence electrons. The van der Waals surface area contributed by atoms with Crippen LogP contribution in [0.4, 0.5) is 0 Å². The summed E-state index contributed by atoms with van der Waals surface area (Å²) in [6.45, 7) is -0.384. The van der Waals surface area contributed by atoms with Gasteiger partial charge in [-0.2, -0.15) is 0 Å². The number of unbranched alkanes of at least 4 members (excludes halogenated alkanes) is 1. The Labute approximate surface area is 183 Å². The van der Waals surface area contributed by atoms with Crippen LogP contribution in [0.2, 0.25) is 0 Å². The van der Waals surface area contributed by atoms with Crippen LogP contribution in [0.3, 0.4) is 0 Å². The minimum atomic E-state index is -1.54. The number of nitrogens with zero attached hydrogens (tertiary/aromatic N) is 1. The Bertz CT molecular complexity index is 785. The SMILES string of the molecule is NCCCCC(NC(=O)C(N)Cc1cnc[nH]1)C(=O)NC(CC(=O)O)C(=O)NCC(=O)O. The number of carbonyl (C=O) groups excluding carboxylic acids is 3. The van der Waals surface area contributed by atoms with Crippen molar-refractivity contribution in [1.82, 2.24) is 25.9 Å². The molecule has 3 unspecified atom stereocenters. The van der Waals surface area contributed by atoms with E-state index in [4.69, 9.17) is 21.7 Å². The number of aliphatic carboxylic acids is 2. The summed E-state index contributed by atoms with van der Waals surface area (Å²) < 4.78 is 0. The van der Waals surface area contributed by atoms with Gasteiger partial charge in [0.05, 0.1) is 18.8 Å². The van der Waals surface area contributed by atoms with Gasteiger partial charge in [0.25, 0.3) is 0 Å². The smallest absolute Gasteiger partial charge is 0.322 e. The largest absolute Gasteiger partial charge is 0.481 e.